The number of unbranched alkanes of at least 4 members (excludes halogenated alkanes) is 1. The zero-order chi connectivity index (χ0) is 19.6. The van der Waals surface area contributed by atoms with Crippen LogP contribution in [-0.2, 0) is 14.3 Å². The first kappa shape index (κ1) is 21.5. The molecule has 0 unspecified atom stereocenters. The highest BCUT2D eigenvalue weighted by atomic mass is 16.5. The molecule has 1 saturated carbocycles. The fraction of sp³-hybridized carbons (Fsp3) is 0.789. The number of anilines is 2. The fourth-order valence-corrected chi connectivity index (χ4v) is 3.17. The molecule has 0 radical (unpaired) electrons. The minimum absolute atomic E-state index is 0.201. The number of rotatable bonds is 10. The second-order valence-corrected chi connectivity index (χ2v) is 7.30. The smallest absolute Gasteiger partial charge is 0.234 e. The van der Waals surface area contributed by atoms with Crippen LogP contribution in [0, 0.1) is 5.92 Å². The summed E-state index contributed by atoms with van der Waals surface area (Å²) in [6, 6.07) is 0. The van der Waals surface area contributed by atoms with E-state index in [-0.39, 0.29) is 11.9 Å². The van der Waals surface area contributed by atoms with Gasteiger partial charge < -0.3 is 9.47 Å². The molecule has 1 aliphatic rings. The molecule has 1 heterocycles. The normalized spacial score (nSPS) is 19.7. The summed E-state index contributed by atoms with van der Waals surface area (Å²) in [4.78, 5) is 27.0. The number of carbonyl (C=O) groups is 1. The Morgan fingerprint density at radius 1 is 1.19 bits per heavy atom. The number of nitrogens with zero attached hydrogens (tertiary/aromatic N) is 4. The Hall–Kier alpha value is -1.80. The first-order chi connectivity index (χ1) is 13.0. The zero-order valence-corrected chi connectivity index (χ0v) is 17.0. The van der Waals surface area contributed by atoms with E-state index in [9.17, 15) is 4.79 Å². The van der Waals surface area contributed by atoms with Crippen LogP contribution in [0.25, 0.3) is 0 Å². The molecule has 1 fully saturated rings. The van der Waals surface area contributed by atoms with Crippen molar-refractivity contribution in [3.63, 3.8) is 0 Å². The minimum atomic E-state index is -0.201. The van der Waals surface area contributed by atoms with Crippen LogP contribution >= 0.6 is 0 Å². The van der Waals surface area contributed by atoms with E-state index in [1.165, 1.54) is 19.8 Å². The van der Waals surface area contributed by atoms with Gasteiger partial charge in [-0.25, -0.2) is 0 Å². The SMILES string of the molecule is CCCCOCN(COC)c1nc(NC(C)=O)nc(C2CCC(C)CC2)n1. The molecule has 1 aromatic heterocycles. The Bertz CT molecular complexity index is 591. The number of amides is 1. The van der Waals surface area contributed by atoms with Crippen LogP contribution in [0.1, 0.15) is 71.0 Å². The van der Waals surface area contributed by atoms with Crippen molar-refractivity contribution in [2.24, 2.45) is 5.92 Å². The Morgan fingerprint density at radius 3 is 2.56 bits per heavy atom. The van der Waals surface area contributed by atoms with Crippen molar-refractivity contribution in [2.75, 3.05) is 37.4 Å². The largest absolute Gasteiger partial charge is 0.364 e. The van der Waals surface area contributed by atoms with Crippen molar-refractivity contribution in [1.82, 2.24) is 15.0 Å². The molecule has 0 aromatic carbocycles. The maximum Gasteiger partial charge on any atom is 0.234 e. The van der Waals surface area contributed by atoms with E-state index in [0.717, 1.165) is 37.4 Å². The van der Waals surface area contributed by atoms with Gasteiger partial charge in [0.1, 0.15) is 19.3 Å². The lowest BCUT2D eigenvalue weighted by Gasteiger charge is -2.27. The molecule has 0 aliphatic heterocycles. The van der Waals surface area contributed by atoms with E-state index < -0.39 is 0 Å². The first-order valence-electron chi connectivity index (χ1n) is 9.88. The Balaban J connectivity index is 2.22. The van der Waals surface area contributed by atoms with Crippen molar-refractivity contribution in [2.45, 2.75) is 65.2 Å². The quantitative estimate of drug-likeness (QED) is 0.493. The summed E-state index contributed by atoms with van der Waals surface area (Å²) in [5, 5.41) is 2.70. The number of aromatic nitrogens is 3. The molecule has 27 heavy (non-hydrogen) atoms. The van der Waals surface area contributed by atoms with Crippen molar-refractivity contribution in [3.8, 4) is 0 Å². The molecule has 8 nitrogen and oxygen atoms in total. The average molecular weight is 380 g/mol. The van der Waals surface area contributed by atoms with Gasteiger partial charge in [0.2, 0.25) is 17.8 Å². The monoisotopic (exact) mass is 379 g/mol. The number of nitrogens with one attached hydrogen (secondary N) is 1. The molecule has 152 valence electrons. The zero-order valence-electron chi connectivity index (χ0n) is 17.0. The van der Waals surface area contributed by atoms with Gasteiger partial charge in [-0.2, -0.15) is 15.0 Å². The average Bonchev–Trinajstić information content (AvgIpc) is 2.64. The molecule has 0 atom stereocenters. The maximum atomic E-state index is 11.5. The molecular weight excluding hydrogens is 346 g/mol. The summed E-state index contributed by atoms with van der Waals surface area (Å²) < 4.78 is 11.0. The minimum Gasteiger partial charge on any atom is -0.364 e. The van der Waals surface area contributed by atoms with Crippen LogP contribution in [0.4, 0.5) is 11.9 Å². The molecule has 1 N–H and O–H groups in total. The summed E-state index contributed by atoms with van der Waals surface area (Å²) in [5.74, 6) is 2.34. The van der Waals surface area contributed by atoms with Gasteiger partial charge >= 0.3 is 0 Å². The van der Waals surface area contributed by atoms with Gasteiger partial charge in [-0.05, 0) is 25.2 Å². The van der Waals surface area contributed by atoms with E-state index >= 15 is 0 Å². The van der Waals surface area contributed by atoms with Crippen molar-refractivity contribution in [3.05, 3.63) is 5.82 Å². The van der Waals surface area contributed by atoms with Crippen LogP contribution in [-0.4, -0.2) is 48.0 Å². The molecule has 2 rings (SSSR count). The third-order valence-electron chi connectivity index (χ3n) is 4.77. The van der Waals surface area contributed by atoms with Gasteiger partial charge in [0.05, 0.1) is 0 Å². The molecule has 0 bridgehead atoms. The van der Waals surface area contributed by atoms with Crippen LogP contribution in [0.3, 0.4) is 0 Å². The lowest BCUT2D eigenvalue weighted by molar-refractivity contribution is -0.114. The van der Waals surface area contributed by atoms with Gasteiger partial charge in [-0.1, -0.05) is 33.1 Å². The van der Waals surface area contributed by atoms with Crippen LogP contribution in [0.5, 0.6) is 0 Å². The number of ether oxygens (including phenoxy) is 2. The summed E-state index contributed by atoms with van der Waals surface area (Å²) >= 11 is 0. The molecule has 1 aromatic rings. The molecule has 1 amide bonds. The number of hydrogen-bond donors (Lipinski definition) is 1. The highest BCUT2D eigenvalue weighted by molar-refractivity contribution is 5.86. The second kappa shape index (κ2) is 11.1. The summed E-state index contributed by atoms with van der Waals surface area (Å²) in [5.41, 5.74) is 0. The lowest BCUT2D eigenvalue weighted by Crippen LogP contribution is -2.31. The molecule has 0 spiro atoms. The van der Waals surface area contributed by atoms with Crippen LogP contribution < -0.4 is 10.2 Å². The molecular formula is C19H33N5O3. The molecule has 8 heteroatoms. The molecule has 1 aliphatic carbocycles. The van der Waals surface area contributed by atoms with Gasteiger partial charge in [-0.15, -0.1) is 0 Å². The van der Waals surface area contributed by atoms with Crippen molar-refractivity contribution < 1.29 is 14.3 Å². The van der Waals surface area contributed by atoms with E-state index in [1.54, 1.807) is 7.11 Å². The predicted octanol–water partition coefficient (Wildman–Crippen LogP) is 3.31. The van der Waals surface area contributed by atoms with Crippen LogP contribution in [0.15, 0.2) is 0 Å². The number of hydrogen-bond acceptors (Lipinski definition) is 7. The van der Waals surface area contributed by atoms with E-state index in [1.807, 2.05) is 4.90 Å². The Kier molecular flexibility index (Phi) is 8.87. The Morgan fingerprint density at radius 2 is 1.93 bits per heavy atom. The van der Waals surface area contributed by atoms with Crippen molar-refractivity contribution in [1.29, 1.82) is 0 Å². The van der Waals surface area contributed by atoms with Gasteiger partial charge in [0.15, 0.2) is 0 Å². The van der Waals surface area contributed by atoms with E-state index in [4.69, 9.17) is 14.5 Å². The highest BCUT2D eigenvalue weighted by Crippen LogP contribution is 2.34. The lowest BCUT2D eigenvalue weighted by atomic mass is 9.82. The summed E-state index contributed by atoms with van der Waals surface area (Å²) in [7, 11) is 1.62. The summed E-state index contributed by atoms with van der Waals surface area (Å²) in [6.45, 7) is 7.17. The maximum absolute atomic E-state index is 11.5. The molecule has 0 saturated heterocycles. The summed E-state index contributed by atoms with van der Waals surface area (Å²) in [6.07, 6.45) is 6.53. The van der Waals surface area contributed by atoms with E-state index in [0.29, 0.717) is 31.9 Å². The van der Waals surface area contributed by atoms with Gasteiger partial charge in [-0.3, -0.25) is 15.0 Å². The van der Waals surface area contributed by atoms with Gasteiger partial charge in [0, 0.05) is 26.6 Å². The highest BCUT2D eigenvalue weighted by Gasteiger charge is 2.24. The predicted molar refractivity (Wildman–Crippen MR) is 105 cm³/mol. The van der Waals surface area contributed by atoms with E-state index in [2.05, 4.69) is 29.1 Å². The van der Waals surface area contributed by atoms with Gasteiger partial charge in [0.25, 0.3) is 0 Å². The Labute approximate surface area is 162 Å². The van der Waals surface area contributed by atoms with Crippen LogP contribution in [0.2, 0.25) is 0 Å². The second-order valence-electron chi connectivity index (χ2n) is 7.30. The fourth-order valence-electron chi connectivity index (χ4n) is 3.17. The third-order valence-corrected chi connectivity index (χ3v) is 4.77. The number of carbonyl (C=O) groups excluding carboxylic acids is 1. The van der Waals surface area contributed by atoms with Crippen molar-refractivity contribution >= 4 is 17.8 Å². The standard InChI is InChI=1S/C19H33N5O3/c1-5-6-11-27-13-24(12-26-4)19-22-17(16-9-7-14(2)8-10-16)21-18(23-19)20-15(3)25/h14,16H,5-13H2,1-4H3,(H,20,21,22,23,25). The first-order valence-corrected chi connectivity index (χ1v) is 9.88. The topological polar surface area (TPSA) is 89.5 Å². The third kappa shape index (κ3) is 7.03. The number of methoxy groups -OCH3 is 1.